The van der Waals surface area contributed by atoms with Gasteiger partial charge in [0.1, 0.15) is 12.1 Å². The van der Waals surface area contributed by atoms with Crippen molar-refractivity contribution in [3.8, 4) is 0 Å². The van der Waals surface area contributed by atoms with Gasteiger partial charge in [-0.05, 0) is 42.9 Å². The fourth-order valence-electron chi connectivity index (χ4n) is 4.88. The quantitative estimate of drug-likeness (QED) is 0.926. The molecule has 0 amide bonds. The molecule has 5 rings (SSSR count). The fourth-order valence-corrected chi connectivity index (χ4v) is 4.88. The van der Waals surface area contributed by atoms with Crippen LogP contribution in [-0.4, -0.2) is 32.7 Å². The first-order valence-corrected chi connectivity index (χ1v) is 7.80. The van der Waals surface area contributed by atoms with Crippen LogP contribution in [0.1, 0.15) is 25.0 Å². The van der Waals surface area contributed by atoms with Crippen LogP contribution in [0.4, 0.5) is 5.82 Å². The highest BCUT2D eigenvalue weighted by atomic mass is 16.5. The van der Waals surface area contributed by atoms with Crippen LogP contribution in [0.15, 0.2) is 12.4 Å². The van der Waals surface area contributed by atoms with Crippen molar-refractivity contribution < 1.29 is 4.74 Å². The van der Waals surface area contributed by atoms with Crippen molar-refractivity contribution in [3.63, 3.8) is 0 Å². The van der Waals surface area contributed by atoms with Gasteiger partial charge in [-0.1, -0.05) is 0 Å². The van der Waals surface area contributed by atoms with Gasteiger partial charge >= 0.3 is 0 Å². The van der Waals surface area contributed by atoms with Crippen LogP contribution < -0.4 is 5.32 Å². The van der Waals surface area contributed by atoms with Crippen molar-refractivity contribution in [2.75, 3.05) is 12.4 Å². The Balaban J connectivity index is 1.46. The lowest BCUT2D eigenvalue weighted by molar-refractivity contribution is 0.181. The molecule has 4 unspecified atom stereocenters. The molecule has 3 saturated carbocycles. The summed E-state index contributed by atoms with van der Waals surface area (Å²) in [4.78, 5) is 8.66. The second-order valence-electron chi connectivity index (χ2n) is 6.70. The zero-order valence-corrected chi connectivity index (χ0v) is 12.1. The third-order valence-electron chi connectivity index (χ3n) is 5.65. The summed E-state index contributed by atoms with van der Waals surface area (Å²) in [6.07, 6.45) is 5.90. The Labute approximate surface area is 122 Å². The van der Waals surface area contributed by atoms with E-state index in [1.807, 2.05) is 6.07 Å². The summed E-state index contributed by atoms with van der Waals surface area (Å²) in [5.74, 6) is 5.35. The van der Waals surface area contributed by atoms with E-state index in [-0.39, 0.29) is 0 Å². The molecule has 6 heteroatoms. The van der Waals surface area contributed by atoms with Crippen molar-refractivity contribution in [2.45, 2.75) is 31.9 Å². The number of nitrogens with one attached hydrogen (secondary N) is 1. The molecule has 0 saturated heterocycles. The van der Waals surface area contributed by atoms with Crippen molar-refractivity contribution in [1.29, 1.82) is 0 Å². The van der Waals surface area contributed by atoms with Gasteiger partial charge in [-0.25, -0.2) is 4.98 Å². The van der Waals surface area contributed by atoms with E-state index in [0.717, 1.165) is 35.2 Å². The minimum atomic E-state index is 0.501. The molecule has 0 aliphatic heterocycles. The van der Waals surface area contributed by atoms with E-state index in [0.29, 0.717) is 18.4 Å². The SMILES string of the molecule is COCc1cc(NC2C3C4CCC(C4)C23)n2ncnc2n1. The minimum Gasteiger partial charge on any atom is -0.378 e. The summed E-state index contributed by atoms with van der Waals surface area (Å²) in [6, 6.07) is 2.67. The van der Waals surface area contributed by atoms with E-state index in [9.17, 15) is 0 Å². The minimum absolute atomic E-state index is 0.501. The third-order valence-corrected chi connectivity index (χ3v) is 5.65. The van der Waals surface area contributed by atoms with E-state index in [4.69, 9.17) is 4.74 Å². The molecule has 2 aromatic rings. The predicted molar refractivity (Wildman–Crippen MR) is 76.7 cm³/mol. The zero-order valence-electron chi connectivity index (χ0n) is 12.1. The zero-order chi connectivity index (χ0) is 14.0. The number of rotatable bonds is 4. The molecule has 6 nitrogen and oxygen atoms in total. The molecule has 3 aliphatic carbocycles. The van der Waals surface area contributed by atoms with Crippen LogP contribution in [0.25, 0.3) is 5.78 Å². The lowest BCUT2D eigenvalue weighted by atomic mass is 10.0. The highest BCUT2D eigenvalue weighted by molar-refractivity contribution is 5.47. The smallest absolute Gasteiger partial charge is 0.254 e. The Kier molecular flexibility index (Phi) is 2.36. The summed E-state index contributed by atoms with van der Waals surface area (Å²) in [5, 5.41) is 8.00. The highest BCUT2D eigenvalue weighted by Gasteiger charge is 2.65. The molecule has 2 heterocycles. The van der Waals surface area contributed by atoms with E-state index in [2.05, 4.69) is 20.4 Å². The molecular formula is C15H19N5O. The van der Waals surface area contributed by atoms with Crippen LogP contribution in [0.2, 0.25) is 0 Å². The fraction of sp³-hybridized carbons (Fsp3) is 0.667. The summed E-state index contributed by atoms with van der Waals surface area (Å²) < 4.78 is 7.00. The maximum atomic E-state index is 5.20. The second-order valence-corrected chi connectivity index (χ2v) is 6.70. The van der Waals surface area contributed by atoms with Gasteiger partial charge < -0.3 is 10.1 Å². The molecule has 0 spiro atoms. The number of hydrogen-bond donors (Lipinski definition) is 1. The largest absolute Gasteiger partial charge is 0.378 e. The lowest BCUT2D eigenvalue weighted by Crippen LogP contribution is -2.16. The maximum absolute atomic E-state index is 5.20. The van der Waals surface area contributed by atoms with Crippen LogP contribution in [-0.2, 0) is 11.3 Å². The van der Waals surface area contributed by atoms with Gasteiger partial charge in [0.25, 0.3) is 5.78 Å². The topological polar surface area (TPSA) is 64.3 Å². The van der Waals surface area contributed by atoms with Gasteiger partial charge in [0, 0.05) is 19.2 Å². The number of nitrogens with zero attached hydrogens (tertiary/aromatic N) is 4. The Bertz CT molecular complexity index is 682. The molecule has 3 fully saturated rings. The molecular weight excluding hydrogens is 266 g/mol. The third kappa shape index (κ3) is 1.65. The normalized spacial score (nSPS) is 36.1. The van der Waals surface area contributed by atoms with Crippen LogP contribution >= 0.6 is 0 Å². The van der Waals surface area contributed by atoms with E-state index >= 15 is 0 Å². The number of aromatic nitrogens is 4. The number of ether oxygens (including phenoxy) is 1. The van der Waals surface area contributed by atoms with Crippen molar-refractivity contribution in [2.24, 2.45) is 23.7 Å². The Morgan fingerprint density at radius 1 is 1.33 bits per heavy atom. The lowest BCUT2D eigenvalue weighted by Gasteiger charge is -2.13. The van der Waals surface area contributed by atoms with Crippen molar-refractivity contribution in [1.82, 2.24) is 19.6 Å². The first kappa shape index (κ1) is 11.9. The Morgan fingerprint density at radius 3 is 2.90 bits per heavy atom. The monoisotopic (exact) mass is 285 g/mol. The van der Waals surface area contributed by atoms with Gasteiger partial charge in [-0.3, -0.25) is 0 Å². The molecule has 0 radical (unpaired) electrons. The average molecular weight is 285 g/mol. The molecule has 4 atom stereocenters. The Hall–Kier alpha value is -1.69. The molecule has 0 aromatic carbocycles. The van der Waals surface area contributed by atoms with E-state index < -0.39 is 0 Å². The molecule has 2 aromatic heterocycles. The summed E-state index contributed by atoms with van der Waals surface area (Å²) in [5.41, 5.74) is 0.897. The first-order valence-electron chi connectivity index (χ1n) is 7.80. The van der Waals surface area contributed by atoms with E-state index in [1.54, 1.807) is 18.0 Å². The van der Waals surface area contributed by atoms with Gasteiger partial charge in [-0.15, -0.1) is 0 Å². The van der Waals surface area contributed by atoms with Crippen LogP contribution in [0, 0.1) is 23.7 Å². The average Bonchev–Trinajstić information content (AvgIpc) is 2.92. The van der Waals surface area contributed by atoms with Crippen molar-refractivity contribution >= 4 is 11.6 Å². The molecule has 21 heavy (non-hydrogen) atoms. The van der Waals surface area contributed by atoms with Gasteiger partial charge in [-0.2, -0.15) is 14.6 Å². The number of hydrogen-bond acceptors (Lipinski definition) is 5. The summed E-state index contributed by atoms with van der Waals surface area (Å²) in [6.45, 7) is 0.501. The molecule has 1 N–H and O–H groups in total. The number of fused-ring (bicyclic) bond motifs is 6. The van der Waals surface area contributed by atoms with Gasteiger partial charge in [0.15, 0.2) is 0 Å². The van der Waals surface area contributed by atoms with E-state index in [1.165, 1.54) is 19.3 Å². The van der Waals surface area contributed by atoms with Crippen LogP contribution in [0.3, 0.4) is 0 Å². The van der Waals surface area contributed by atoms with Crippen molar-refractivity contribution in [3.05, 3.63) is 18.1 Å². The Morgan fingerprint density at radius 2 is 2.14 bits per heavy atom. The predicted octanol–water partition coefficient (Wildman–Crippen LogP) is 1.73. The summed E-state index contributed by atoms with van der Waals surface area (Å²) >= 11 is 0. The summed E-state index contributed by atoms with van der Waals surface area (Å²) in [7, 11) is 1.69. The molecule has 110 valence electrons. The standard InChI is InChI=1S/C15H19N5O/c1-21-6-10-5-11(20-15(18-10)16-7-17-20)19-14-12-8-2-3-9(4-8)13(12)14/h5,7-9,12-14,19H,2-4,6H2,1H3. The number of anilines is 1. The van der Waals surface area contributed by atoms with Gasteiger partial charge in [0.2, 0.25) is 0 Å². The highest BCUT2D eigenvalue weighted by Crippen LogP contribution is 2.66. The maximum Gasteiger partial charge on any atom is 0.254 e. The molecule has 2 bridgehead atoms. The van der Waals surface area contributed by atoms with Crippen LogP contribution in [0.5, 0.6) is 0 Å². The molecule has 3 aliphatic rings. The first-order chi connectivity index (χ1) is 10.3. The van der Waals surface area contributed by atoms with Gasteiger partial charge in [0.05, 0.1) is 12.3 Å². The second kappa shape index (κ2) is 4.16. The number of methoxy groups -OCH3 is 1.